The molecule has 0 radical (unpaired) electrons. The number of hydrogen-bond acceptors (Lipinski definition) is 2. The van der Waals surface area contributed by atoms with Crippen molar-refractivity contribution in [2.75, 3.05) is 33.2 Å². The van der Waals surface area contributed by atoms with E-state index in [9.17, 15) is 0 Å². The van der Waals surface area contributed by atoms with Crippen LogP contribution in [0.15, 0.2) is 0 Å². The number of likely N-dealkylation sites (tertiary alicyclic amines) is 2. The lowest BCUT2D eigenvalue weighted by Crippen LogP contribution is -2.56. The van der Waals surface area contributed by atoms with Crippen LogP contribution in [0.25, 0.3) is 0 Å². The minimum absolute atomic E-state index is 0.895. The Kier molecular flexibility index (Phi) is 2.37. The maximum Gasteiger partial charge on any atom is 0.0350 e. The molecule has 0 bridgehead atoms. The maximum atomic E-state index is 2.69. The summed E-state index contributed by atoms with van der Waals surface area (Å²) in [6.45, 7) is 7.65. The van der Waals surface area contributed by atoms with Gasteiger partial charge in [-0.2, -0.15) is 0 Å². The van der Waals surface area contributed by atoms with E-state index >= 15 is 0 Å². The van der Waals surface area contributed by atoms with E-state index in [-0.39, 0.29) is 0 Å². The monoisotopic (exact) mass is 168 g/mol. The molecule has 0 aromatic carbocycles. The molecule has 12 heavy (non-hydrogen) atoms. The molecule has 0 saturated carbocycles. The van der Waals surface area contributed by atoms with Gasteiger partial charge in [0.05, 0.1) is 0 Å². The molecule has 2 fully saturated rings. The minimum atomic E-state index is 0.895. The molecule has 70 valence electrons. The first-order chi connectivity index (χ1) is 5.79. The Hall–Kier alpha value is -0.0800. The van der Waals surface area contributed by atoms with Crippen molar-refractivity contribution in [3.05, 3.63) is 0 Å². The van der Waals surface area contributed by atoms with Gasteiger partial charge in [0.1, 0.15) is 0 Å². The van der Waals surface area contributed by atoms with Crippen molar-refractivity contribution >= 4 is 0 Å². The smallest absolute Gasteiger partial charge is 0.0350 e. The minimum Gasteiger partial charge on any atom is -0.303 e. The van der Waals surface area contributed by atoms with Crippen molar-refractivity contribution in [2.24, 2.45) is 5.92 Å². The average Bonchev–Trinajstić information content (AvgIpc) is 2.46. The summed E-state index contributed by atoms with van der Waals surface area (Å²) < 4.78 is 0. The van der Waals surface area contributed by atoms with Crippen LogP contribution in [0.5, 0.6) is 0 Å². The zero-order chi connectivity index (χ0) is 8.55. The molecule has 1 atom stereocenters. The molecule has 2 heterocycles. The van der Waals surface area contributed by atoms with E-state index in [0.29, 0.717) is 0 Å². The van der Waals surface area contributed by atoms with Gasteiger partial charge in [-0.25, -0.2) is 0 Å². The van der Waals surface area contributed by atoms with Crippen LogP contribution in [0.4, 0.5) is 0 Å². The Balaban J connectivity index is 1.76. The molecule has 0 amide bonds. The molecule has 2 saturated heterocycles. The molecule has 1 unspecified atom stereocenters. The second-order valence-corrected chi connectivity index (χ2v) is 4.43. The lowest BCUT2D eigenvalue weighted by Gasteiger charge is -2.42. The van der Waals surface area contributed by atoms with Crippen LogP contribution in [0, 0.1) is 5.92 Å². The van der Waals surface area contributed by atoms with Gasteiger partial charge < -0.3 is 4.90 Å². The lowest BCUT2D eigenvalue weighted by atomic mass is 10.1. The van der Waals surface area contributed by atoms with Gasteiger partial charge in [-0.1, -0.05) is 13.3 Å². The topological polar surface area (TPSA) is 6.48 Å². The highest BCUT2D eigenvalue weighted by Crippen LogP contribution is 2.24. The van der Waals surface area contributed by atoms with Gasteiger partial charge in [-0.3, -0.25) is 4.90 Å². The molecule has 0 aromatic heterocycles. The standard InChI is InChI=1S/C10H20N2/c1-3-9-4-5-12(6-9)10-7-11(2)8-10/h9-10H,3-8H2,1-2H3. The van der Waals surface area contributed by atoms with Crippen molar-refractivity contribution in [1.29, 1.82) is 0 Å². The van der Waals surface area contributed by atoms with Crippen molar-refractivity contribution in [2.45, 2.75) is 25.8 Å². The fourth-order valence-electron chi connectivity index (χ4n) is 2.42. The van der Waals surface area contributed by atoms with Crippen LogP contribution in [0.3, 0.4) is 0 Å². The Morgan fingerprint density at radius 3 is 2.50 bits per heavy atom. The molecule has 0 aromatic rings. The summed E-state index contributed by atoms with van der Waals surface area (Å²) in [5.41, 5.74) is 0. The fraction of sp³-hybridized carbons (Fsp3) is 1.00. The molecule has 2 heteroatoms. The Bertz CT molecular complexity index is 152. The highest BCUT2D eigenvalue weighted by atomic mass is 15.3. The largest absolute Gasteiger partial charge is 0.303 e. The van der Waals surface area contributed by atoms with Crippen molar-refractivity contribution in [1.82, 2.24) is 9.80 Å². The summed E-state index contributed by atoms with van der Waals surface area (Å²) in [4.78, 5) is 5.10. The molecule has 2 aliphatic heterocycles. The first kappa shape index (κ1) is 8.52. The Morgan fingerprint density at radius 2 is 2.00 bits per heavy atom. The predicted octanol–water partition coefficient (Wildman–Crippen LogP) is 1.03. The zero-order valence-electron chi connectivity index (χ0n) is 8.29. The van der Waals surface area contributed by atoms with Gasteiger partial charge in [0.2, 0.25) is 0 Å². The van der Waals surface area contributed by atoms with Gasteiger partial charge in [-0.15, -0.1) is 0 Å². The quantitative estimate of drug-likeness (QED) is 0.607. The maximum absolute atomic E-state index is 2.69. The molecular weight excluding hydrogens is 148 g/mol. The second kappa shape index (κ2) is 3.35. The van der Waals surface area contributed by atoms with E-state index in [2.05, 4.69) is 23.8 Å². The molecule has 2 aliphatic rings. The molecule has 2 rings (SSSR count). The molecule has 0 aliphatic carbocycles. The summed E-state index contributed by atoms with van der Waals surface area (Å²) >= 11 is 0. The van der Waals surface area contributed by atoms with Crippen molar-refractivity contribution < 1.29 is 0 Å². The van der Waals surface area contributed by atoms with Crippen LogP contribution in [-0.2, 0) is 0 Å². The molecule has 2 nitrogen and oxygen atoms in total. The van der Waals surface area contributed by atoms with Gasteiger partial charge in [0, 0.05) is 25.7 Å². The summed E-state index contributed by atoms with van der Waals surface area (Å²) in [6, 6.07) is 0.895. The van der Waals surface area contributed by atoms with E-state index in [1.54, 1.807) is 0 Å². The third kappa shape index (κ3) is 1.50. The average molecular weight is 168 g/mol. The van der Waals surface area contributed by atoms with Crippen LogP contribution in [0.2, 0.25) is 0 Å². The predicted molar refractivity (Wildman–Crippen MR) is 51.3 cm³/mol. The van der Waals surface area contributed by atoms with E-state index in [4.69, 9.17) is 0 Å². The summed E-state index contributed by atoms with van der Waals surface area (Å²) in [5, 5.41) is 0. The van der Waals surface area contributed by atoms with E-state index < -0.39 is 0 Å². The van der Waals surface area contributed by atoms with Crippen molar-refractivity contribution in [3.63, 3.8) is 0 Å². The van der Waals surface area contributed by atoms with Gasteiger partial charge in [0.15, 0.2) is 0 Å². The second-order valence-electron chi connectivity index (χ2n) is 4.43. The zero-order valence-corrected chi connectivity index (χ0v) is 8.29. The summed E-state index contributed by atoms with van der Waals surface area (Å²) in [6.07, 6.45) is 2.82. The first-order valence-electron chi connectivity index (χ1n) is 5.22. The number of hydrogen-bond donors (Lipinski definition) is 0. The van der Waals surface area contributed by atoms with Gasteiger partial charge in [0.25, 0.3) is 0 Å². The van der Waals surface area contributed by atoms with Gasteiger partial charge >= 0.3 is 0 Å². The first-order valence-corrected chi connectivity index (χ1v) is 5.22. The summed E-state index contributed by atoms with van der Waals surface area (Å²) in [7, 11) is 2.21. The van der Waals surface area contributed by atoms with E-state index in [1.807, 2.05) is 0 Å². The van der Waals surface area contributed by atoms with Crippen LogP contribution >= 0.6 is 0 Å². The fourth-order valence-corrected chi connectivity index (χ4v) is 2.42. The number of nitrogens with zero attached hydrogens (tertiary/aromatic N) is 2. The SMILES string of the molecule is CCC1CCN(C2CN(C)C2)C1. The third-order valence-electron chi connectivity index (χ3n) is 3.46. The normalized spacial score (nSPS) is 34.0. The molecular formula is C10H20N2. The van der Waals surface area contributed by atoms with E-state index in [0.717, 1.165) is 12.0 Å². The van der Waals surface area contributed by atoms with Crippen LogP contribution in [-0.4, -0.2) is 49.1 Å². The Labute approximate surface area is 75.5 Å². The van der Waals surface area contributed by atoms with Gasteiger partial charge in [-0.05, 0) is 25.9 Å². The molecule has 0 spiro atoms. The number of rotatable bonds is 2. The Morgan fingerprint density at radius 1 is 1.25 bits per heavy atom. The van der Waals surface area contributed by atoms with E-state index in [1.165, 1.54) is 39.0 Å². The van der Waals surface area contributed by atoms with Crippen molar-refractivity contribution in [3.8, 4) is 0 Å². The number of likely N-dealkylation sites (N-methyl/N-ethyl adjacent to an activating group) is 1. The summed E-state index contributed by atoms with van der Waals surface area (Å²) in [5.74, 6) is 0.996. The third-order valence-corrected chi connectivity index (χ3v) is 3.46. The highest BCUT2D eigenvalue weighted by Gasteiger charge is 2.33. The lowest BCUT2D eigenvalue weighted by molar-refractivity contribution is 0.0666. The van der Waals surface area contributed by atoms with Crippen LogP contribution in [0.1, 0.15) is 19.8 Å². The highest BCUT2D eigenvalue weighted by molar-refractivity contribution is 4.89. The molecule has 0 N–H and O–H groups in total. The van der Waals surface area contributed by atoms with Crippen LogP contribution < -0.4 is 0 Å².